The highest BCUT2D eigenvalue weighted by Crippen LogP contribution is 2.29. The van der Waals surface area contributed by atoms with Gasteiger partial charge in [-0.3, -0.25) is 4.79 Å². The highest BCUT2D eigenvalue weighted by Gasteiger charge is 2.18. The zero-order chi connectivity index (χ0) is 18.2. The van der Waals surface area contributed by atoms with Crippen LogP contribution in [0, 0.1) is 0 Å². The summed E-state index contributed by atoms with van der Waals surface area (Å²) in [5.74, 6) is 0.986. The number of pyridine rings is 1. The maximum Gasteiger partial charge on any atom is 0.256 e. The van der Waals surface area contributed by atoms with Crippen molar-refractivity contribution >= 4 is 5.91 Å². The number of hydrogen-bond donors (Lipinski definition) is 2. The Balaban J connectivity index is 2.09. The Morgan fingerprint density at radius 3 is 2.76 bits per heavy atom. The first-order chi connectivity index (χ1) is 12.1. The van der Waals surface area contributed by atoms with Crippen molar-refractivity contribution in [3.63, 3.8) is 0 Å². The molecule has 1 aromatic heterocycles. The van der Waals surface area contributed by atoms with Crippen LogP contribution < -0.4 is 19.5 Å². The minimum atomic E-state index is -0.957. The minimum Gasteiger partial charge on any atom is -0.497 e. The van der Waals surface area contributed by atoms with E-state index in [4.69, 9.17) is 14.2 Å². The number of ether oxygens (including phenoxy) is 3. The summed E-state index contributed by atoms with van der Waals surface area (Å²) in [4.78, 5) is 16.4. The number of rotatable bonds is 8. The van der Waals surface area contributed by atoms with E-state index in [0.29, 0.717) is 29.2 Å². The topological polar surface area (TPSA) is 89.9 Å². The van der Waals surface area contributed by atoms with Crippen LogP contribution in [0.4, 0.5) is 0 Å². The number of amides is 1. The molecule has 7 nitrogen and oxygen atoms in total. The zero-order valence-corrected chi connectivity index (χ0v) is 14.5. The minimum absolute atomic E-state index is 0.00280. The molecule has 2 rings (SSSR count). The lowest BCUT2D eigenvalue weighted by atomic mass is 10.1. The van der Waals surface area contributed by atoms with Crippen LogP contribution in [0.5, 0.6) is 17.4 Å². The van der Waals surface area contributed by atoms with Crippen molar-refractivity contribution in [1.29, 1.82) is 0 Å². The summed E-state index contributed by atoms with van der Waals surface area (Å²) in [6.45, 7) is 2.22. The second-order valence-electron chi connectivity index (χ2n) is 5.12. The molecule has 0 radical (unpaired) electrons. The molecule has 1 heterocycles. The third-order valence-corrected chi connectivity index (χ3v) is 3.55. The Hall–Kier alpha value is -2.80. The molecule has 0 bridgehead atoms. The molecule has 1 unspecified atom stereocenters. The van der Waals surface area contributed by atoms with Gasteiger partial charge in [-0.2, -0.15) is 0 Å². The molecule has 2 N–H and O–H groups in total. The van der Waals surface area contributed by atoms with Crippen molar-refractivity contribution in [2.75, 3.05) is 27.4 Å². The first-order valence-corrected chi connectivity index (χ1v) is 7.86. The van der Waals surface area contributed by atoms with Gasteiger partial charge in [-0.25, -0.2) is 4.98 Å². The molecule has 0 saturated carbocycles. The van der Waals surface area contributed by atoms with E-state index in [9.17, 15) is 9.90 Å². The van der Waals surface area contributed by atoms with E-state index in [2.05, 4.69) is 10.3 Å². The summed E-state index contributed by atoms with van der Waals surface area (Å²) < 4.78 is 15.8. The van der Waals surface area contributed by atoms with Crippen LogP contribution in [0.15, 0.2) is 36.5 Å². The molecule has 1 amide bonds. The number of nitrogens with zero attached hydrogens (tertiary/aromatic N) is 1. The highest BCUT2D eigenvalue weighted by atomic mass is 16.5. The van der Waals surface area contributed by atoms with E-state index < -0.39 is 6.10 Å². The van der Waals surface area contributed by atoms with Crippen LogP contribution in [-0.2, 0) is 0 Å². The fourth-order valence-electron chi connectivity index (χ4n) is 2.31. The van der Waals surface area contributed by atoms with Crippen LogP contribution in [0.1, 0.15) is 28.9 Å². The van der Waals surface area contributed by atoms with Crippen molar-refractivity contribution < 1.29 is 24.1 Å². The van der Waals surface area contributed by atoms with Gasteiger partial charge in [0.15, 0.2) is 0 Å². The largest absolute Gasteiger partial charge is 0.497 e. The van der Waals surface area contributed by atoms with Gasteiger partial charge in [0.1, 0.15) is 23.2 Å². The molecule has 25 heavy (non-hydrogen) atoms. The van der Waals surface area contributed by atoms with Gasteiger partial charge in [0, 0.05) is 18.3 Å². The van der Waals surface area contributed by atoms with Crippen molar-refractivity contribution in [3.05, 3.63) is 47.7 Å². The van der Waals surface area contributed by atoms with Gasteiger partial charge in [0.25, 0.3) is 5.91 Å². The number of aliphatic hydroxyl groups is 1. The lowest BCUT2D eigenvalue weighted by Crippen LogP contribution is -2.29. The van der Waals surface area contributed by atoms with Gasteiger partial charge in [-0.15, -0.1) is 0 Å². The molecule has 134 valence electrons. The molecule has 2 aromatic rings. The van der Waals surface area contributed by atoms with Gasteiger partial charge in [0.2, 0.25) is 5.88 Å². The highest BCUT2D eigenvalue weighted by molar-refractivity contribution is 5.96. The molecular formula is C18H22N2O5. The standard InChI is InChI=1S/C18H22N2O5/c1-4-25-18-13(6-5-9-19-18)17(22)20-11-15(21)14-10-12(23-2)7-8-16(14)24-3/h5-10,15,21H,4,11H2,1-3H3,(H,20,22). The van der Waals surface area contributed by atoms with Crippen molar-refractivity contribution in [2.45, 2.75) is 13.0 Å². The molecular weight excluding hydrogens is 324 g/mol. The Morgan fingerprint density at radius 1 is 1.28 bits per heavy atom. The lowest BCUT2D eigenvalue weighted by Gasteiger charge is -2.17. The van der Waals surface area contributed by atoms with Crippen LogP contribution in [0.3, 0.4) is 0 Å². The first kappa shape index (κ1) is 18.5. The summed E-state index contributed by atoms with van der Waals surface area (Å²) in [7, 11) is 3.05. The maximum atomic E-state index is 12.4. The summed E-state index contributed by atoms with van der Waals surface area (Å²) >= 11 is 0. The van der Waals surface area contributed by atoms with Gasteiger partial charge in [-0.05, 0) is 37.3 Å². The average Bonchev–Trinajstić information content (AvgIpc) is 2.66. The summed E-state index contributed by atoms with van der Waals surface area (Å²) in [6.07, 6.45) is 0.596. The first-order valence-electron chi connectivity index (χ1n) is 7.86. The number of benzene rings is 1. The molecule has 0 aliphatic carbocycles. The number of aliphatic hydroxyl groups excluding tert-OH is 1. The van der Waals surface area contributed by atoms with E-state index in [1.54, 1.807) is 36.5 Å². The van der Waals surface area contributed by atoms with Gasteiger partial charge in [-0.1, -0.05) is 0 Å². The molecule has 0 saturated heterocycles. The third kappa shape index (κ3) is 4.60. The van der Waals surface area contributed by atoms with Crippen molar-refractivity contribution in [1.82, 2.24) is 10.3 Å². The third-order valence-electron chi connectivity index (χ3n) is 3.55. The van der Waals surface area contributed by atoms with Crippen LogP contribution in [0.2, 0.25) is 0 Å². The summed E-state index contributed by atoms with van der Waals surface area (Å²) in [5.41, 5.74) is 0.840. The average molecular weight is 346 g/mol. The fraction of sp³-hybridized carbons (Fsp3) is 0.333. The quantitative estimate of drug-likeness (QED) is 0.759. The second kappa shape index (κ2) is 8.89. The number of carbonyl (C=O) groups is 1. The SMILES string of the molecule is CCOc1ncccc1C(=O)NCC(O)c1cc(OC)ccc1OC. The maximum absolute atomic E-state index is 12.4. The summed E-state index contributed by atoms with van der Waals surface area (Å²) in [6, 6.07) is 8.38. The number of methoxy groups -OCH3 is 2. The predicted molar refractivity (Wildman–Crippen MR) is 92.2 cm³/mol. The molecule has 7 heteroatoms. The van der Waals surface area contributed by atoms with E-state index >= 15 is 0 Å². The Kier molecular flexibility index (Phi) is 6.59. The predicted octanol–water partition coefficient (Wildman–Crippen LogP) is 1.96. The smallest absolute Gasteiger partial charge is 0.256 e. The van der Waals surface area contributed by atoms with E-state index in [1.165, 1.54) is 14.2 Å². The molecule has 1 atom stereocenters. The Morgan fingerprint density at radius 2 is 2.08 bits per heavy atom. The molecule has 0 spiro atoms. The number of aromatic nitrogens is 1. The Bertz CT molecular complexity index is 720. The van der Waals surface area contributed by atoms with Gasteiger partial charge in [0.05, 0.1) is 20.8 Å². The zero-order valence-electron chi connectivity index (χ0n) is 14.5. The molecule has 0 aliphatic rings. The van der Waals surface area contributed by atoms with Crippen LogP contribution in [-0.4, -0.2) is 43.4 Å². The lowest BCUT2D eigenvalue weighted by molar-refractivity contribution is 0.0910. The molecule has 0 aliphatic heterocycles. The fourth-order valence-corrected chi connectivity index (χ4v) is 2.31. The number of carbonyl (C=O) groups excluding carboxylic acids is 1. The van der Waals surface area contributed by atoms with Gasteiger partial charge >= 0.3 is 0 Å². The number of hydrogen-bond acceptors (Lipinski definition) is 6. The van der Waals surface area contributed by atoms with E-state index in [1.807, 2.05) is 6.92 Å². The summed E-state index contributed by atoms with van der Waals surface area (Å²) in [5, 5.41) is 13.1. The van der Waals surface area contributed by atoms with Crippen molar-refractivity contribution in [2.24, 2.45) is 0 Å². The van der Waals surface area contributed by atoms with E-state index in [0.717, 1.165) is 0 Å². The van der Waals surface area contributed by atoms with Gasteiger partial charge < -0.3 is 24.6 Å². The second-order valence-corrected chi connectivity index (χ2v) is 5.12. The molecule has 1 aromatic carbocycles. The number of nitrogens with one attached hydrogen (secondary N) is 1. The van der Waals surface area contributed by atoms with Crippen LogP contribution in [0.25, 0.3) is 0 Å². The Labute approximate surface area is 146 Å². The van der Waals surface area contributed by atoms with Crippen molar-refractivity contribution in [3.8, 4) is 17.4 Å². The molecule has 0 fully saturated rings. The monoisotopic (exact) mass is 346 g/mol. The van der Waals surface area contributed by atoms with Crippen LogP contribution >= 0.6 is 0 Å². The normalized spacial score (nSPS) is 11.5. The van der Waals surface area contributed by atoms with E-state index in [-0.39, 0.29) is 18.3 Å².